The summed E-state index contributed by atoms with van der Waals surface area (Å²) in [6.45, 7) is 9.86. The highest BCUT2D eigenvalue weighted by atomic mass is 19.1. The van der Waals surface area contributed by atoms with Crippen LogP contribution in [0.5, 0.6) is 0 Å². The van der Waals surface area contributed by atoms with Crippen molar-refractivity contribution in [2.45, 2.75) is 65.1 Å². The number of fused-ring (bicyclic) bond motifs is 2. The number of imidazole rings is 1. The van der Waals surface area contributed by atoms with Crippen molar-refractivity contribution in [2.75, 3.05) is 6.54 Å². The quantitative estimate of drug-likeness (QED) is 0.389. The molecule has 9 heteroatoms. The Hall–Kier alpha value is -3.75. The van der Waals surface area contributed by atoms with Crippen LogP contribution in [0.2, 0.25) is 0 Å². The van der Waals surface area contributed by atoms with Gasteiger partial charge in [0.2, 0.25) is 0 Å². The van der Waals surface area contributed by atoms with Crippen molar-refractivity contribution in [3.8, 4) is 11.3 Å². The van der Waals surface area contributed by atoms with Crippen molar-refractivity contribution in [3.05, 3.63) is 64.7 Å². The molecular formula is C27H30FN5O3. The summed E-state index contributed by atoms with van der Waals surface area (Å²) >= 11 is 0. The summed E-state index contributed by atoms with van der Waals surface area (Å²) in [6, 6.07) is 6.64. The zero-order chi connectivity index (χ0) is 25.8. The molecule has 5 rings (SSSR count). The van der Waals surface area contributed by atoms with E-state index in [1.807, 2.05) is 40.7 Å². The summed E-state index contributed by atoms with van der Waals surface area (Å²) in [5.41, 5.74) is 2.05. The van der Waals surface area contributed by atoms with Crippen molar-refractivity contribution >= 4 is 22.6 Å². The van der Waals surface area contributed by atoms with Gasteiger partial charge in [-0.15, -0.1) is 0 Å². The lowest BCUT2D eigenvalue weighted by molar-refractivity contribution is 0.00773. The van der Waals surface area contributed by atoms with E-state index in [0.717, 1.165) is 5.69 Å². The number of likely N-dealkylation sites (tertiary alicyclic amines) is 1. The fraction of sp³-hybridized carbons (Fsp3) is 0.407. The smallest absolute Gasteiger partial charge is 0.410 e. The SMILES string of the molecule is Cc1cn2cc(-c3ccc4c(=O)n([C@@H]5CCN(C(=O)OC(C)(C)C)[C@H](C)C5)ccc4n3)cc(F)c2n1. The maximum Gasteiger partial charge on any atom is 0.410 e. The first kappa shape index (κ1) is 24.0. The van der Waals surface area contributed by atoms with Gasteiger partial charge in [0.25, 0.3) is 5.56 Å². The van der Waals surface area contributed by atoms with E-state index in [2.05, 4.69) is 9.97 Å². The zero-order valence-electron chi connectivity index (χ0n) is 21.2. The van der Waals surface area contributed by atoms with E-state index in [0.29, 0.717) is 41.5 Å². The Bertz CT molecular complexity index is 1530. The highest BCUT2D eigenvalue weighted by molar-refractivity contribution is 5.80. The minimum atomic E-state index is -0.552. The Morgan fingerprint density at radius 1 is 1.17 bits per heavy atom. The monoisotopic (exact) mass is 491 g/mol. The van der Waals surface area contributed by atoms with Crippen molar-refractivity contribution in [2.24, 2.45) is 0 Å². The molecule has 1 fully saturated rings. The van der Waals surface area contributed by atoms with Gasteiger partial charge in [0.1, 0.15) is 5.60 Å². The lowest BCUT2D eigenvalue weighted by Gasteiger charge is -2.38. The Labute approximate surface area is 208 Å². The Kier molecular flexibility index (Phi) is 5.81. The number of pyridine rings is 3. The Balaban J connectivity index is 1.41. The van der Waals surface area contributed by atoms with Crippen LogP contribution in [0.15, 0.2) is 47.7 Å². The van der Waals surface area contributed by atoms with Crippen molar-refractivity contribution in [1.82, 2.24) is 23.8 Å². The molecule has 0 aliphatic carbocycles. The van der Waals surface area contributed by atoms with E-state index in [9.17, 15) is 14.0 Å². The fourth-order valence-corrected chi connectivity index (χ4v) is 4.90. The molecule has 36 heavy (non-hydrogen) atoms. The maximum absolute atomic E-state index is 14.6. The predicted octanol–water partition coefficient (Wildman–Crippen LogP) is 5.12. The van der Waals surface area contributed by atoms with Gasteiger partial charge in [-0.25, -0.2) is 19.2 Å². The molecular weight excluding hydrogens is 461 g/mol. The molecule has 5 heterocycles. The second-order valence-corrected chi connectivity index (χ2v) is 10.5. The highest BCUT2D eigenvalue weighted by Gasteiger charge is 2.32. The van der Waals surface area contributed by atoms with E-state index < -0.39 is 11.4 Å². The topological polar surface area (TPSA) is 81.7 Å². The molecule has 1 aliphatic heterocycles. The summed E-state index contributed by atoms with van der Waals surface area (Å²) in [4.78, 5) is 36.5. The van der Waals surface area contributed by atoms with Crippen LogP contribution in [0.1, 0.15) is 52.3 Å². The average Bonchev–Trinajstić information content (AvgIpc) is 3.18. The number of ether oxygens (including phenoxy) is 1. The van der Waals surface area contributed by atoms with Gasteiger partial charge in [-0.3, -0.25) is 4.79 Å². The number of nitrogens with zero attached hydrogens (tertiary/aromatic N) is 5. The van der Waals surface area contributed by atoms with Gasteiger partial charge in [-0.05, 0) is 71.7 Å². The molecule has 1 saturated heterocycles. The second-order valence-electron chi connectivity index (χ2n) is 10.5. The van der Waals surface area contributed by atoms with Crippen molar-refractivity contribution in [1.29, 1.82) is 0 Å². The van der Waals surface area contributed by atoms with E-state index in [1.54, 1.807) is 44.6 Å². The molecule has 1 aliphatic rings. The fourth-order valence-electron chi connectivity index (χ4n) is 4.90. The minimum absolute atomic E-state index is 0.0313. The molecule has 0 N–H and O–H groups in total. The normalized spacial score (nSPS) is 18.7. The third kappa shape index (κ3) is 4.45. The molecule has 0 radical (unpaired) electrons. The third-order valence-electron chi connectivity index (χ3n) is 6.58. The first-order valence-electron chi connectivity index (χ1n) is 12.2. The number of halogens is 1. The molecule has 0 bridgehead atoms. The highest BCUT2D eigenvalue weighted by Crippen LogP contribution is 2.28. The summed E-state index contributed by atoms with van der Waals surface area (Å²) in [6.07, 6.45) is 6.30. The van der Waals surface area contributed by atoms with Crippen LogP contribution in [-0.4, -0.2) is 48.1 Å². The van der Waals surface area contributed by atoms with Crippen LogP contribution in [0, 0.1) is 12.7 Å². The summed E-state index contributed by atoms with van der Waals surface area (Å²) in [5, 5.41) is 0.503. The number of amides is 1. The molecule has 0 unspecified atom stereocenters. The zero-order valence-corrected chi connectivity index (χ0v) is 21.2. The minimum Gasteiger partial charge on any atom is -0.444 e. The van der Waals surface area contributed by atoms with Gasteiger partial charge in [0, 0.05) is 42.8 Å². The van der Waals surface area contributed by atoms with Gasteiger partial charge >= 0.3 is 6.09 Å². The molecule has 188 valence electrons. The van der Waals surface area contributed by atoms with Gasteiger partial charge < -0.3 is 18.6 Å². The van der Waals surface area contributed by atoms with Crippen LogP contribution in [0.3, 0.4) is 0 Å². The molecule has 8 nitrogen and oxygen atoms in total. The number of hydrogen-bond donors (Lipinski definition) is 0. The van der Waals surface area contributed by atoms with Crippen LogP contribution < -0.4 is 5.56 Å². The number of aromatic nitrogens is 4. The van der Waals surface area contributed by atoms with Gasteiger partial charge in [-0.2, -0.15) is 0 Å². The molecule has 0 saturated carbocycles. The molecule has 2 atom stereocenters. The van der Waals surface area contributed by atoms with E-state index in [4.69, 9.17) is 4.74 Å². The lowest BCUT2D eigenvalue weighted by atomic mass is 9.98. The maximum atomic E-state index is 14.6. The van der Waals surface area contributed by atoms with Crippen LogP contribution in [0.4, 0.5) is 9.18 Å². The first-order chi connectivity index (χ1) is 17.0. The van der Waals surface area contributed by atoms with E-state index in [1.165, 1.54) is 6.07 Å². The average molecular weight is 492 g/mol. The first-order valence-corrected chi connectivity index (χ1v) is 12.2. The van der Waals surface area contributed by atoms with E-state index >= 15 is 0 Å². The molecule has 0 aromatic carbocycles. The molecule has 1 amide bonds. The largest absolute Gasteiger partial charge is 0.444 e. The summed E-state index contributed by atoms with van der Waals surface area (Å²) in [7, 11) is 0. The van der Waals surface area contributed by atoms with Gasteiger partial charge in [-0.1, -0.05) is 0 Å². The van der Waals surface area contributed by atoms with Crippen LogP contribution in [0.25, 0.3) is 27.8 Å². The summed E-state index contributed by atoms with van der Waals surface area (Å²) in [5.74, 6) is -0.426. The third-order valence-corrected chi connectivity index (χ3v) is 6.58. The van der Waals surface area contributed by atoms with Crippen molar-refractivity contribution in [3.63, 3.8) is 0 Å². The number of carbonyl (C=O) groups excluding carboxylic acids is 1. The van der Waals surface area contributed by atoms with Crippen LogP contribution >= 0.6 is 0 Å². The number of aryl methyl sites for hydroxylation is 1. The molecule has 4 aromatic heterocycles. The Morgan fingerprint density at radius 3 is 2.67 bits per heavy atom. The molecule has 0 spiro atoms. The molecule has 4 aromatic rings. The number of rotatable bonds is 2. The second kappa shape index (κ2) is 8.72. The van der Waals surface area contributed by atoms with Crippen LogP contribution in [-0.2, 0) is 4.74 Å². The van der Waals surface area contributed by atoms with Gasteiger partial charge in [0.15, 0.2) is 11.5 Å². The standard InChI is InChI=1S/C27H30FN5O3/c1-16-14-31-15-18(13-21(28)24(31)29-16)22-7-6-20-23(30-22)9-11-33(25(20)34)19-8-10-32(17(2)12-19)26(35)36-27(3,4)5/h6-7,9,11,13-15,17,19H,8,10,12H2,1-5H3/t17-,19-/m1/s1. The number of hydrogen-bond acceptors (Lipinski definition) is 5. The predicted molar refractivity (Wildman–Crippen MR) is 136 cm³/mol. The van der Waals surface area contributed by atoms with E-state index in [-0.39, 0.29) is 29.4 Å². The number of carbonyl (C=O) groups is 1. The Morgan fingerprint density at radius 2 is 1.94 bits per heavy atom. The summed E-state index contributed by atoms with van der Waals surface area (Å²) < 4.78 is 23.5. The van der Waals surface area contributed by atoms with Gasteiger partial charge in [0.05, 0.1) is 22.3 Å². The number of piperidine rings is 1. The lowest BCUT2D eigenvalue weighted by Crippen LogP contribution is -2.47. The van der Waals surface area contributed by atoms with Crippen molar-refractivity contribution < 1.29 is 13.9 Å².